The van der Waals surface area contributed by atoms with E-state index in [1.165, 1.54) is 12.1 Å². The van der Waals surface area contributed by atoms with Crippen LogP contribution in [0.2, 0.25) is 10.0 Å². The van der Waals surface area contributed by atoms with Crippen molar-refractivity contribution in [1.82, 2.24) is 0 Å². The second-order valence-corrected chi connectivity index (χ2v) is 7.14. The SMILES string of the molecule is CC(C)OCCS(=O)(=O)c1ccc(Cl)c(C(=O)O)c1Cl. The zero-order chi connectivity index (χ0) is 15.5. The number of benzene rings is 1. The van der Waals surface area contributed by atoms with Crippen molar-refractivity contribution in [2.24, 2.45) is 0 Å². The van der Waals surface area contributed by atoms with E-state index < -0.39 is 21.4 Å². The summed E-state index contributed by atoms with van der Waals surface area (Å²) in [4.78, 5) is 10.8. The zero-order valence-corrected chi connectivity index (χ0v) is 13.2. The first kappa shape index (κ1) is 17.2. The molecule has 0 amide bonds. The van der Waals surface area contributed by atoms with Crippen LogP contribution in [0, 0.1) is 0 Å². The van der Waals surface area contributed by atoms with Crippen LogP contribution in [-0.2, 0) is 14.6 Å². The van der Waals surface area contributed by atoms with E-state index in [0.29, 0.717) is 0 Å². The quantitative estimate of drug-likeness (QED) is 0.860. The van der Waals surface area contributed by atoms with Crippen LogP contribution in [0.5, 0.6) is 0 Å². The Morgan fingerprint density at radius 1 is 1.35 bits per heavy atom. The third-order valence-electron chi connectivity index (χ3n) is 2.41. The molecule has 0 radical (unpaired) electrons. The summed E-state index contributed by atoms with van der Waals surface area (Å²) in [5, 5.41) is 8.51. The number of ether oxygens (including phenoxy) is 1. The minimum absolute atomic E-state index is 0.00135. The average molecular weight is 341 g/mol. The molecule has 0 aliphatic heterocycles. The van der Waals surface area contributed by atoms with Crippen molar-refractivity contribution >= 4 is 39.0 Å². The van der Waals surface area contributed by atoms with Crippen LogP contribution in [0.15, 0.2) is 17.0 Å². The molecule has 0 saturated carbocycles. The van der Waals surface area contributed by atoms with E-state index >= 15 is 0 Å². The number of carboxylic acid groups (broad SMARTS) is 1. The first-order chi connectivity index (χ1) is 9.16. The van der Waals surface area contributed by atoms with Gasteiger partial charge in [-0.2, -0.15) is 0 Å². The molecule has 0 saturated heterocycles. The Morgan fingerprint density at radius 2 is 1.95 bits per heavy atom. The highest BCUT2D eigenvalue weighted by molar-refractivity contribution is 7.91. The Labute approximate surface area is 127 Å². The van der Waals surface area contributed by atoms with Crippen LogP contribution < -0.4 is 0 Å². The molecule has 112 valence electrons. The third kappa shape index (κ3) is 4.09. The Morgan fingerprint density at radius 3 is 2.45 bits per heavy atom. The Balaban J connectivity index is 3.13. The molecule has 0 unspecified atom stereocenters. The van der Waals surface area contributed by atoms with Gasteiger partial charge in [0, 0.05) is 0 Å². The van der Waals surface area contributed by atoms with Crippen molar-refractivity contribution in [2.45, 2.75) is 24.8 Å². The number of halogens is 2. The summed E-state index contributed by atoms with van der Waals surface area (Å²) < 4.78 is 29.4. The lowest BCUT2D eigenvalue weighted by Crippen LogP contribution is -2.16. The number of sulfone groups is 1. The summed E-state index contributed by atoms with van der Waals surface area (Å²) in [6, 6.07) is 2.40. The number of carboxylic acids is 1. The van der Waals surface area contributed by atoms with Crippen molar-refractivity contribution in [2.75, 3.05) is 12.4 Å². The van der Waals surface area contributed by atoms with Crippen molar-refractivity contribution in [1.29, 1.82) is 0 Å². The van der Waals surface area contributed by atoms with Gasteiger partial charge in [0.2, 0.25) is 0 Å². The molecule has 0 fully saturated rings. The number of hydrogen-bond acceptors (Lipinski definition) is 4. The van der Waals surface area contributed by atoms with Gasteiger partial charge in [0.25, 0.3) is 0 Å². The molecule has 0 atom stereocenters. The monoisotopic (exact) mass is 340 g/mol. The van der Waals surface area contributed by atoms with Gasteiger partial charge in [0.05, 0.1) is 39.0 Å². The predicted molar refractivity (Wildman–Crippen MR) is 76.6 cm³/mol. The predicted octanol–water partition coefficient (Wildman–Crippen LogP) is 2.89. The van der Waals surface area contributed by atoms with Crippen molar-refractivity contribution in [3.05, 3.63) is 27.7 Å². The summed E-state index contributed by atoms with van der Waals surface area (Å²) in [5.74, 6) is -1.67. The second kappa shape index (κ2) is 6.76. The minimum Gasteiger partial charge on any atom is -0.478 e. The number of carbonyl (C=O) groups is 1. The third-order valence-corrected chi connectivity index (χ3v) is 4.94. The number of hydrogen-bond donors (Lipinski definition) is 1. The maximum atomic E-state index is 12.1. The molecule has 20 heavy (non-hydrogen) atoms. The first-order valence-electron chi connectivity index (χ1n) is 5.72. The van der Waals surface area contributed by atoms with E-state index in [2.05, 4.69) is 0 Å². The molecule has 8 heteroatoms. The Hall–Kier alpha value is -0.820. The van der Waals surface area contributed by atoms with Crippen LogP contribution >= 0.6 is 23.2 Å². The van der Waals surface area contributed by atoms with Gasteiger partial charge < -0.3 is 9.84 Å². The topological polar surface area (TPSA) is 80.7 Å². The Bertz CT molecular complexity index is 611. The molecule has 1 rings (SSSR count). The van der Waals surface area contributed by atoms with Gasteiger partial charge >= 0.3 is 5.97 Å². The maximum Gasteiger partial charge on any atom is 0.338 e. The highest BCUT2D eigenvalue weighted by Crippen LogP contribution is 2.31. The smallest absolute Gasteiger partial charge is 0.338 e. The van der Waals surface area contributed by atoms with Gasteiger partial charge in [-0.15, -0.1) is 0 Å². The molecule has 1 N–H and O–H groups in total. The fraction of sp³-hybridized carbons (Fsp3) is 0.417. The second-order valence-electron chi connectivity index (χ2n) is 4.28. The van der Waals surface area contributed by atoms with Gasteiger partial charge in [-0.05, 0) is 26.0 Å². The lowest BCUT2D eigenvalue weighted by molar-refractivity contribution is 0.0697. The molecule has 5 nitrogen and oxygen atoms in total. The van der Waals surface area contributed by atoms with E-state index in [1.807, 2.05) is 0 Å². The van der Waals surface area contributed by atoms with Crippen molar-refractivity contribution in [3.8, 4) is 0 Å². The average Bonchev–Trinajstić information content (AvgIpc) is 2.26. The fourth-order valence-corrected chi connectivity index (χ4v) is 3.54. The molecule has 0 aliphatic carbocycles. The van der Waals surface area contributed by atoms with Gasteiger partial charge in [0.1, 0.15) is 0 Å². The molecular weight excluding hydrogens is 327 g/mol. The molecule has 0 aliphatic rings. The molecule has 0 heterocycles. The minimum atomic E-state index is -3.74. The summed E-state index contributed by atoms with van der Waals surface area (Å²) in [5.41, 5.74) is -0.417. The van der Waals surface area contributed by atoms with E-state index in [9.17, 15) is 13.2 Å². The summed E-state index contributed by atoms with van der Waals surface area (Å²) in [6.45, 7) is 3.57. The highest BCUT2D eigenvalue weighted by Gasteiger charge is 2.24. The first-order valence-corrected chi connectivity index (χ1v) is 8.13. The van der Waals surface area contributed by atoms with E-state index in [-0.39, 0.29) is 33.4 Å². The molecule has 0 spiro atoms. The van der Waals surface area contributed by atoms with E-state index in [4.69, 9.17) is 33.0 Å². The maximum absolute atomic E-state index is 12.1. The number of aromatic carboxylic acids is 1. The molecule has 0 bridgehead atoms. The van der Waals surface area contributed by atoms with Crippen LogP contribution in [0.1, 0.15) is 24.2 Å². The van der Waals surface area contributed by atoms with E-state index in [0.717, 1.165) is 0 Å². The van der Waals surface area contributed by atoms with Gasteiger partial charge in [-0.3, -0.25) is 0 Å². The fourth-order valence-electron chi connectivity index (χ4n) is 1.47. The summed E-state index contributed by atoms with van der Waals surface area (Å²) in [6.07, 6.45) is -0.0968. The highest BCUT2D eigenvalue weighted by atomic mass is 35.5. The molecule has 1 aromatic rings. The van der Waals surface area contributed by atoms with Crippen molar-refractivity contribution < 1.29 is 23.1 Å². The lowest BCUT2D eigenvalue weighted by Gasteiger charge is -2.11. The van der Waals surface area contributed by atoms with Crippen LogP contribution in [0.25, 0.3) is 0 Å². The Kier molecular flexibility index (Phi) is 5.82. The van der Waals surface area contributed by atoms with Gasteiger partial charge in [0.15, 0.2) is 9.84 Å². The standard InChI is InChI=1S/C12H14Cl2O5S/c1-7(2)19-5-6-20(17,18)9-4-3-8(13)10(11(9)14)12(15)16/h3-4,7H,5-6H2,1-2H3,(H,15,16). The van der Waals surface area contributed by atoms with Gasteiger partial charge in [-0.25, -0.2) is 13.2 Å². The van der Waals surface area contributed by atoms with Crippen molar-refractivity contribution in [3.63, 3.8) is 0 Å². The van der Waals surface area contributed by atoms with Crippen LogP contribution in [-0.4, -0.2) is 38.0 Å². The molecule has 1 aromatic carbocycles. The van der Waals surface area contributed by atoms with E-state index in [1.54, 1.807) is 13.8 Å². The largest absolute Gasteiger partial charge is 0.478 e. The van der Waals surface area contributed by atoms with Gasteiger partial charge in [-0.1, -0.05) is 23.2 Å². The zero-order valence-electron chi connectivity index (χ0n) is 10.9. The van der Waals surface area contributed by atoms with Crippen LogP contribution in [0.3, 0.4) is 0 Å². The molecule has 0 aromatic heterocycles. The molecular formula is C12H14Cl2O5S. The normalized spacial score (nSPS) is 11.8. The summed E-state index contributed by atoms with van der Waals surface area (Å²) in [7, 11) is -3.74. The van der Waals surface area contributed by atoms with Crippen LogP contribution in [0.4, 0.5) is 0 Å². The lowest BCUT2D eigenvalue weighted by atomic mass is 10.2. The number of rotatable bonds is 6. The summed E-state index contributed by atoms with van der Waals surface area (Å²) >= 11 is 11.6.